The number of nitrogens with one attached hydrogen (secondary N) is 1. The number of anilines is 1. The second-order valence-corrected chi connectivity index (χ2v) is 6.39. The van der Waals surface area contributed by atoms with E-state index in [2.05, 4.69) is 5.87 Å². The molecule has 0 aliphatic heterocycles. The normalized spacial score (nSPS) is 11.8. The first-order valence-electron chi connectivity index (χ1n) is 6.60. The summed E-state index contributed by atoms with van der Waals surface area (Å²) in [5.41, 5.74) is 3.66. The molecule has 0 aliphatic carbocycles. The molecule has 22 heavy (non-hydrogen) atoms. The first kappa shape index (κ1) is 16.2. The smallest absolute Gasteiger partial charge is 0.265 e. The van der Waals surface area contributed by atoms with Gasteiger partial charge in [-0.1, -0.05) is 30.1 Å². The van der Waals surface area contributed by atoms with Crippen molar-refractivity contribution in [2.24, 2.45) is 5.84 Å². The van der Waals surface area contributed by atoms with Crippen molar-refractivity contribution in [2.45, 2.75) is 6.54 Å². The molecular formula is C16H18FN3OS. The topological polar surface area (TPSA) is 58.4 Å². The number of nitrogens with zero attached hydrogens (tertiary/aromatic N) is 1. The Labute approximate surface area is 131 Å². The number of hydrogen-bond acceptors (Lipinski definition) is 3. The molecule has 0 aromatic heterocycles. The lowest BCUT2D eigenvalue weighted by atomic mass is 10.1. The van der Waals surface area contributed by atoms with Crippen molar-refractivity contribution in [3.63, 3.8) is 0 Å². The van der Waals surface area contributed by atoms with E-state index < -0.39 is 11.7 Å². The van der Waals surface area contributed by atoms with Crippen LogP contribution in [0.5, 0.6) is 0 Å². The van der Waals surface area contributed by atoms with E-state index in [1.54, 1.807) is 12.1 Å². The lowest BCUT2D eigenvalue weighted by molar-refractivity contribution is 0.0953. The number of halogens is 1. The zero-order valence-electron chi connectivity index (χ0n) is 12.3. The van der Waals surface area contributed by atoms with E-state index in [4.69, 9.17) is 5.84 Å². The summed E-state index contributed by atoms with van der Waals surface area (Å²) >= 11 is 0. The lowest BCUT2D eigenvalue weighted by Gasteiger charge is -2.26. The molecule has 0 saturated heterocycles. The summed E-state index contributed by atoms with van der Waals surface area (Å²) in [7, 11) is -0.311. The molecule has 2 aromatic rings. The Morgan fingerprint density at radius 2 is 2.00 bits per heavy atom. The van der Waals surface area contributed by atoms with Gasteiger partial charge in [-0.15, -0.1) is 10.7 Å². The van der Waals surface area contributed by atoms with Gasteiger partial charge in [-0.2, -0.15) is 0 Å². The van der Waals surface area contributed by atoms with Gasteiger partial charge in [-0.25, -0.2) is 10.2 Å². The molecule has 4 nitrogen and oxygen atoms in total. The number of nitrogens with two attached hydrogens (primary N) is 1. The summed E-state index contributed by atoms with van der Waals surface area (Å²) in [6, 6.07) is 14.1. The van der Waals surface area contributed by atoms with Gasteiger partial charge in [0.2, 0.25) is 0 Å². The van der Waals surface area contributed by atoms with Crippen LogP contribution in [0.2, 0.25) is 0 Å². The number of para-hydroxylation sites is 1. The first-order valence-corrected chi connectivity index (χ1v) is 8.36. The van der Waals surface area contributed by atoms with Gasteiger partial charge in [-0.05, 0) is 30.5 Å². The van der Waals surface area contributed by atoms with Crippen LogP contribution in [0.25, 0.3) is 0 Å². The summed E-state index contributed by atoms with van der Waals surface area (Å²) in [5, 5.41) is 0. The van der Waals surface area contributed by atoms with Gasteiger partial charge >= 0.3 is 0 Å². The van der Waals surface area contributed by atoms with E-state index >= 15 is 0 Å². The number of nitrogen functional groups attached to an aromatic ring is 1. The second-order valence-electron chi connectivity index (χ2n) is 4.75. The van der Waals surface area contributed by atoms with Gasteiger partial charge < -0.3 is 4.31 Å². The van der Waals surface area contributed by atoms with Crippen LogP contribution in [-0.4, -0.2) is 18.0 Å². The van der Waals surface area contributed by atoms with Crippen molar-refractivity contribution >= 4 is 28.1 Å². The van der Waals surface area contributed by atoms with Crippen LogP contribution in [0.15, 0.2) is 48.5 Å². The SMILES string of the molecule is C=S(C)N(Cc1ccc(C(=O)NN)cc1F)c1ccccc1. The van der Waals surface area contributed by atoms with E-state index in [1.165, 1.54) is 6.07 Å². The number of hydrazine groups is 1. The maximum absolute atomic E-state index is 14.2. The van der Waals surface area contributed by atoms with Gasteiger partial charge in [0.1, 0.15) is 5.82 Å². The van der Waals surface area contributed by atoms with Crippen LogP contribution in [0, 0.1) is 5.82 Å². The predicted molar refractivity (Wildman–Crippen MR) is 91.3 cm³/mol. The zero-order chi connectivity index (χ0) is 16.1. The third-order valence-electron chi connectivity index (χ3n) is 3.18. The maximum Gasteiger partial charge on any atom is 0.265 e. The van der Waals surface area contributed by atoms with Gasteiger partial charge in [-0.3, -0.25) is 10.2 Å². The van der Waals surface area contributed by atoms with Crippen molar-refractivity contribution in [3.8, 4) is 0 Å². The fraction of sp³-hybridized carbons (Fsp3) is 0.125. The molecule has 0 fully saturated rings. The monoisotopic (exact) mass is 319 g/mol. The fourth-order valence-electron chi connectivity index (χ4n) is 2.03. The molecule has 0 bridgehead atoms. The van der Waals surface area contributed by atoms with Crippen LogP contribution in [-0.2, 0) is 6.54 Å². The molecule has 116 valence electrons. The summed E-state index contributed by atoms with van der Waals surface area (Å²) in [6.07, 6.45) is 1.97. The number of benzene rings is 2. The van der Waals surface area contributed by atoms with E-state index in [0.29, 0.717) is 12.1 Å². The van der Waals surface area contributed by atoms with Gasteiger partial charge in [0.05, 0.1) is 6.54 Å². The zero-order valence-corrected chi connectivity index (χ0v) is 13.1. The molecule has 1 atom stereocenters. The highest BCUT2D eigenvalue weighted by atomic mass is 32.2. The largest absolute Gasteiger partial charge is 0.318 e. The second kappa shape index (κ2) is 7.20. The molecule has 0 spiro atoms. The highest BCUT2D eigenvalue weighted by Gasteiger charge is 2.13. The van der Waals surface area contributed by atoms with Crippen LogP contribution in [0.3, 0.4) is 0 Å². The average Bonchev–Trinajstić information content (AvgIpc) is 2.53. The van der Waals surface area contributed by atoms with E-state index in [1.807, 2.05) is 46.3 Å². The molecule has 0 heterocycles. The molecule has 0 aliphatic rings. The molecule has 2 rings (SSSR count). The highest BCUT2D eigenvalue weighted by Crippen LogP contribution is 2.27. The minimum atomic E-state index is -0.516. The van der Waals surface area contributed by atoms with E-state index in [-0.39, 0.29) is 16.2 Å². The van der Waals surface area contributed by atoms with E-state index in [9.17, 15) is 9.18 Å². The fourth-order valence-corrected chi connectivity index (χ4v) is 2.87. The Bertz CT molecular complexity index is 691. The Hall–Kier alpha value is -2.18. The standard InChI is InChI=1S/C16H18FN3OS/c1-22(2)20(14-6-4-3-5-7-14)11-13-9-8-12(10-15(13)17)16(21)19-18/h3-10H,1,11,18H2,2H3,(H,19,21). The highest BCUT2D eigenvalue weighted by molar-refractivity contribution is 8.14. The predicted octanol–water partition coefficient (Wildman–Crippen LogP) is 2.68. The minimum Gasteiger partial charge on any atom is -0.318 e. The Morgan fingerprint density at radius 3 is 2.55 bits per heavy atom. The molecular weight excluding hydrogens is 301 g/mol. The summed E-state index contributed by atoms with van der Waals surface area (Å²) in [4.78, 5) is 11.4. The van der Waals surface area contributed by atoms with Crippen LogP contribution in [0.4, 0.5) is 10.1 Å². The summed E-state index contributed by atoms with van der Waals surface area (Å²) in [6.45, 7) is 0.378. The van der Waals surface area contributed by atoms with Crippen molar-refractivity contribution in [2.75, 3.05) is 10.6 Å². The Morgan fingerprint density at radius 1 is 1.32 bits per heavy atom. The van der Waals surface area contributed by atoms with Crippen molar-refractivity contribution in [1.29, 1.82) is 0 Å². The Kier molecular flexibility index (Phi) is 5.30. The molecule has 0 radical (unpaired) electrons. The minimum absolute atomic E-state index is 0.195. The number of carbonyl (C=O) groups is 1. The van der Waals surface area contributed by atoms with Crippen LogP contribution < -0.4 is 15.6 Å². The van der Waals surface area contributed by atoms with Gasteiger partial charge in [0, 0.05) is 16.8 Å². The number of carbonyl (C=O) groups excluding carboxylic acids is 1. The van der Waals surface area contributed by atoms with E-state index in [0.717, 1.165) is 5.69 Å². The average molecular weight is 319 g/mol. The molecule has 0 saturated carbocycles. The van der Waals surface area contributed by atoms with Crippen LogP contribution in [0.1, 0.15) is 15.9 Å². The lowest BCUT2D eigenvalue weighted by Crippen LogP contribution is -2.30. The molecule has 1 unspecified atom stereocenters. The molecule has 3 N–H and O–H groups in total. The maximum atomic E-state index is 14.2. The van der Waals surface area contributed by atoms with Crippen LogP contribution >= 0.6 is 10.7 Å². The number of amides is 1. The third kappa shape index (κ3) is 3.72. The molecule has 2 aromatic carbocycles. The number of hydrogen-bond donors (Lipinski definition) is 2. The summed E-state index contributed by atoms with van der Waals surface area (Å²) in [5.74, 6) is 8.15. The van der Waals surface area contributed by atoms with Crippen molar-refractivity contribution < 1.29 is 9.18 Å². The molecule has 6 heteroatoms. The summed E-state index contributed by atoms with van der Waals surface area (Å²) < 4.78 is 16.2. The Balaban J connectivity index is 2.28. The quantitative estimate of drug-likeness (QED) is 0.385. The number of rotatable bonds is 5. The van der Waals surface area contributed by atoms with Gasteiger partial charge in [0.25, 0.3) is 5.91 Å². The van der Waals surface area contributed by atoms with Crippen molar-refractivity contribution in [1.82, 2.24) is 5.43 Å². The van der Waals surface area contributed by atoms with Crippen molar-refractivity contribution in [3.05, 3.63) is 65.5 Å². The van der Waals surface area contributed by atoms with Gasteiger partial charge in [0.15, 0.2) is 0 Å². The first-order chi connectivity index (χ1) is 10.5. The third-order valence-corrected chi connectivity index (χ3v) is 4.27. The molecule has 1 amide bonds.